The van der Waals surface area contributed by atoms with E-state index in [-0.39, 0.29) is 31.0 Å². The number of benzene rings is 2. The Balaban J connectivity index is 2.23. The van der Waals surface area contributed by atoms with Crippen molar-refractivity contribution in [2.45, 2.75) is 59.7 Å². The number of hydrogen-bond donors (Lipinski definition) is 1. The number of carbonyl (C=O) groups is 2. The summed E-state index contributed by atoms with van der Waals surface area (Å²) in [6.07, 6.45) is 0.797. The van der Waals surface area contributed by atoms with Gasteiger partial charge in [-0.1, -0.05) is 48.3 Å². The molecule has 0 radical (unpaired) electrons. The summed E-state index contributed by atoms with van der Waals surface area (Å²) in [5.74, 6) is 0.118. The highest BCUT2D eigenvalue weighted by atomic mass is 35.5. The molecule has 0 aliphatic rings. The van der Waals surface area contributed by atoms with Crippen molar-refractivity contribution in [3.8, 4) is 5.75 Å². The maximum Gasteiger partial charge on any atom is 0.261 e. The van der Waals surface area contributed by atoms with Gasteiger partial charge in [-0.2, -0.15) is 0 Å². The Labute approximate surface area is 194 Å². The first-order valence-corrected chi connectivity index (χ1v) is 11.1. The van der Waals surface area contributed by atoms with Crippen molar-refractivity contribution in [2.75, 3.05) is 6.61 Å². The second-order valence-corrected chi connectivity index (χ2v) is 8.58. The topological polar surface area (TPSA) is 58.6 Å². The summed E-state index contributed by atoms with van der Waals surface area (Å²) in [5.41, 5.74) is 2.76. The molecular formula is C24H30Cl2N2O3. The van der Waals surface area contributed by atoms with Crippen molar-refractivity contribution in [1.82, 2.24) is 10.2 Å². The van der Waals surface area contributed by atoms with Gasteiger partial charge in [0.15, 0.2) is 6.61 Å². The van der Waals surface area contributed by atoms with Gasteiger partial charge in [0.25, 0.3) is 5.91 Å². The number of halogens is 2. The van der Waals surface area contributed by atoms with E-state index < -0.39 is 6.04 Å². The lowest BCUT2D eigenvalue weighted by atomic mass is 10.1. The fourth-order valence-corrected chi connectivity index (χ4v) is 3.45. The minimum Gasteiger partial charge on any atom is -0.483 e. The Morgan fingerprint density at radius 3 is 2.48 bits per heavy atom. The largest absolute Gasteiger partial charge is 0.483 e. The van der Waals surface area contributed by atoms with Crippen molar-refractivity contribution in [1.29, 1.82) is 0 Å². The Hall–Kier alpha value is -2.24. The van der Waals surface area contributed by atoms with Crippen LogP contribution in [0.2, 0.25) is 10.0 Å². The van der Waals surface area contributed by atoms with Crippen molar-refractivity contribution >= 4 is 35.0 Å². The van der Waals surface area contributed by atoms with Gasteiger partial charge in [0.1, 0.15) is 11.8 Å². The third kappa shape index (κ3) is 6.88. The molecule has 0 fully saturated rings. The molecular weight excluding hydrogens is 435 g/mol. The van der Waals surface area contributed by atoms with E-state index in [1.54, 1.807) is 25.1 Å². The predicted molar refractivity (Wildman–Crippen MR) is 126 cm³/mol. The second-order valence-electron chi connectivity index (χ2n) is 7.74. The maximum atomic E-state index is 13.1. The molecule has 0 unspecified atom stereocenters. The second kappa shape index (κ2) is 11.4. The van der Waals surface area contributed by atoms with Gasteiger partial charge >= 0.3 is 0 Å². The highest BCUT2D eigenvalue weighted by Crippen LogP contribution is 2.24. The lowest BCUT2D eigenvalue weighted by Crippen LogP contribution is -2.50. The first-order valence-electron chi connectivity index (χ1n) is 10.4. The van der Waals surface area contributed by atoms with Gasteiger partial charge < -0.3 is 15.0 Å². The van der Waals surface area contributed by atoms with Gasteiger partial charge in [-0.25, -0.2) is 0 Å². The van der Waals surface area contributed by atoms with Crippen LogP contribution in [0, 0.1) is 13.8 Å². The summed E-state index contributed by atoms with van der Waals surface area (Å²) in [6.45, 7) is 9.54. The molecule has 2 amide bonds. The molecule has 2 atom stereocenters. The number of nitrogens with one attached hydrogen (secondary N) is 1. The molecule has 31 heavy (non-hydrogen) atoms. The summed E-state index contributed by atoms with van der Waals surface area (Å²) in [5, 5.41) is 3.88. The quantitative estimate of drug-likeness (QED) is 0.545. The predicted octanol–water partition coefficient (Wildman–Crippen LogP) is 5.32. The Bertz CT molecular complexity index is 933. The van der Waals surface area contributed by atoms with Gasteiger partial charge in [-0.15, -0.1) is 0 Å². The van der Waals surface area contributed by atoms with Gasteiger partial charge in [0, 0.05) is 22.6 Å². The monoisotopic (exact) mass is 464 g/mol. The first-order chi connectivity index (χ1) is 14.6. The van der Waals surface area contributed by atoms with Gasteiger partial charge in [0.05, 0.1) is 0 Å². The van der Waals surface area contributed by atoms with Crippen LogP contribution in [0.3, 0.4) is 0 Å². The summed E-state index contributed by atoms with van der Waals surface area (Å²) in [7, 11) is 0. The molecule has 1 N–H and O–H groups in total. The highest BCUT2D eigenvalue weighted by molar-refractivity contribution is 6.35. The van der Waals surface area contributed by atoms with Crippen LogP contribution < -0.4 is 10.1 Å². The number of carbonyl (C=O) groups excluding carboxylic acids is 2. The van der Waals surface area contributed by atoms with E-state index in [0.29, 0.717) is 21.4 Å². The fourth-order valence-electron chi connectivity index (χ4n) is 2.98. The Morgan fingerprint density at radius 2 is 1.84 bits per heavy atom. The number of ether oxygens (including phenoxy) is 1. The highest BCUT2D eigenvalue weighted by Gasteiger charge is 2.28. The normalized spacial score (nSPS) is 12.7. The van der Waals surface area contributed by atoms with E-state index in [2.05, 4.69) is 5.32 Å². The average molecular weight is 465 g/mol. The van der Waals surface area contributed by atoms with E-state index >= 15 is 0 Å². The van der Waals surface area contributed by atoms with E-state index in [9.17, 15) is 9.59 Å². The lowest BCUT2D eigenvalue weighted by Gasteiger charge is -2.30. The number of aryl methyl sites for hydroxylation is 1. The molecule has 0 saturated heterocycles. The van der Waals surface area contributed by atoms with Crippen LogP contribution in [0.4, 0.5) is 0 Å². The molecule has 2 rings (SSSR count). The molecule has 0 spiro atoms. The third-order valence-corrected chi connectivity index (χ3v) is 6.02. The Kier molecular flexibility index (Phi) is 9.20. The molecule has 5 nitrogen and oxygen atoms in total. The van der Waals surface area contributed by atoms with Crippen LogP contribution in [0.1, 0.15) is 43.9 Å². The minimum absolute atomic E-state index is 0.0113. The fraction of sp³-hybridized carbons (Fsp3) is 0.417. The van der Waals surface area contributed by atoms with E-state index in [1.807, 2.05) is 45.9 Å². The van der Waals surface area contributed by atoms with E-state index in [4.69, 9.17) is 27.9 Å². The standard InChI is InChI=1S/C24H30Cl2N2O3/c1-6-16(3)27-24(30)18(5)28(13-19-10-11-20(25)12-21(19)26)23(29)14-31-22-9-7-8-15(2)17(22)4/h7-12,16,18H,6,13-14H2,1-5H3,(H,27,30)/t16-,18-/m0/s1. The molecule has 2 aromatic rings. The van der Waals surface area contributed by atoms with E-state index in [1.165, 1.54) is 4.90 Å². The summed E-state index contributed by atoms with van der Waals surface area (Å²) in [6, 6.07) is 10.1. The van der Waals surface area contributed by atoms with Crippen molar-refractivity contribution in [3.05, 3.63) is 63.1 Å². The molecule has 0 aliphatic carbocycles. The summed E-state index contributed by atoms with van der Waals surface area (Å²) in [4.78, 5) is 27.4. The first kappa shape index (κ1) is 25.0. The third-order valence-electron chi connectivity index (χ3n) is 5.43. The maximum absolute atomic E-state index is 13.1. The molecule has 0 saturated carbocycles. The van der Waals surface area contributed by atoms with Gasteiger partial charge in [-0.05, 0) is 69.0 Å². The number of hydrogen-bond acceptors (Lipinski definition) is 3. The SMILES string of the molecule is CC[C@H](C)NC(=O)[C@H](C)N(Cc1ccc(Cl)cc1Cl)C(=O)COc1cccc(C)c1C. The molecule has 0 aromatic heterocycles. The summed E-state index contributed by atoms with van der Waals surface area (Å²) < 4.78 is 5.80. The molecule has 0 bridgehead atoms. The van der Waals surface area contributed by atoms with Crippen LogP contribution in [-0.4, -0.2) is 35.4 Å². The van der Waals surface area contributed by atoms with Crippen LogP contribution >= 0.6 is 23.2 Å². The zero-order valence-corrected chi connectivity index (χ0v) is 20.2. The van der Waals surface area contributed by atoms with Crippen LogP contribution in [0.25, 0.3) is 0 Å². The van der Waals surface area contributed by atoms with Crippen LogP contribution in [-0.2, 0) is 16.1 Å². The van der Waals surface area contributed by atoms with Crippen molar-refractivity contribution in [2.24, 2.45) is 0 Å². The number of amides is 2. The Morgan fingerprint density at radius 1 is 1.13 bits per heavy atom. The van der Waals surface area contributed by atoms with Crippen molar-refractivity contribution < 1.29 is 14.3 Å². The minimum atomic E-state index is -0.699. The number of nitrogens with zero attached hydrogens (tertiary/aromatic N) is 1. The average Bonchev–Trinajstić information content (AvgIpc) is 2.73. The van der Waals surface area contributed by atoms with Gasteiger partial charge in [-0.3, -0.25) is 9.59 Å². The number of rotatable bonds is 9. The summed E-state index contributed by atoms with van der Waals surface area (Å²) >= 11 is 12.3. The van der Waals surface area contributed by atoms with Gasteiger partial charge in [0.2, 0.25) is 5.91 Å². The van der Waals surface area contributed by atoms with Crippen molar-refractivity contribution in [3.63, 3.8) is 0 Å². The van der Waals surface area contributed by atoms with Crippen LogP contribution in [0.15, 0.2) is 36.4 Å². The molecule has 0 aliphatic heterocycles. The zero-order valence-electron chi connectivity index (χ0n) is 18.7. The smallest absolute Gasteiger partial charge is 0.261 e. The van der Waals surface area contributed by atoms with Crippen LogP contribution in [0.5, 0.6) is 5.75 Å². The lowest BCUT2D eigenvalue weighted by molar-refractivity contribution is -0.142. The van der Waals surface area contributed by atoms with E-state index in [0.717, 1.165) is 17.5 Å². The molecule has 7 heteroatoms. The zero-order chi connectivity index (χ0) is 23.1. The molecule has 2 aromatic carbocycles. The molecule has 0 heterocycles. The molecule has 168 valence electrons.